The van der Waals surface area contributed by atoms with Gasteiger partial charge in [0.05, 0.1) is 0 Å². The average Bonchev–Trinajstić information content (AvgIpc) is 1.89. The number of benzene rings is 1. The highest BCUT2D eigenvalue weighted by Crippen LogP contribution is 2.06. The van der Waals surface area contributed by atoms with Gasteiger partial charge in [0, 0.05) is 0 Å². The molecule has 0 saturated carbocycles. The molecule has 10 heavy (non-hydrogen) atoms. The molecule has 0 aliphatic rings. The van der Waals surface area contributed by atoms with Crippen LogP contribution in [0.4, 0.5) is 0 Å². The molecule has 0 radical (unpaired) electrons. The molecule has 0 aliphatic carbocycles. The second-order valence-electron chi connectivity index (χ2n) is 2.06. The fourth-order valence-electron chi connectivity index (χ4n) is 0.816. The van der Waals surface area contributed by atoms with Crippen molar-refractivity contribution in [2.75, 3.05) is 0 Å². The van der Waals surface area contributed by atoms with Crippen LogP contribution in [0.3, 0.4) is 0 Å². The molecule has 0 amide bonds. The largest absolute Gasteiger partial charge is 0.344 e. The van der Waals surface area contributed by atoms with E-state index in [1.165, 1.54) is 11.1 Å². The first-order valence-corrected chi connectivity index (χ1v) is 3.02. The Hall–Kier alpha value is -1.08. The van der Waals surface area contributed by atoms with E-state index in [-0.39, 0.29) is 6.15 Å². The van der Waals surface area contributed by atoms with Crippen LogP contribution in [0.1, 0.15) is 11.1 Å². The van der Waals surface area contributed by atoms with Crippen molar-refractivity contribution >= 4 is 6.08 Å². The maximum atomic E-state index is 3.69. The summed E-state index contributed by atoms with van der Waals surface area (Å²) < 4.78 is 0. The smallest absolute Gasteiger partial charge is 0.0233 e. The third-order valence-electron chi connectivity index (χ3n) is 1.41. The highest BCUT2D eigenvalue weighted by molar-refractivity contribution is 5.50. The Balaban J connectivity index is 0.000000810. The van der Waals surface area contributed by atoms with Crippen molar-refractivity contribution in [1.29, 1.82) is 0 Å². The summed E-state index contributed by atoms with van der Waals surface area (Å²) >= 11 is 0. The van der Waals surface area contributed by atoms with Gasteiger partial charge in [0.1, 0.15) is 0 Å². The molecule has 1 rings (SSSR count). The maximum Gasteiger partial charge on any atom is -0.0233 e. The van der Waals surface area contributed by atoms with Gasteiger partial charge < -0.3 is 6.15 Å². The van der Waals surface area contributed by atoms with Crippen molar-refractivity contribution in [3.05, 3.63) is 42.0 Å². The van der Waals surface area contributed by atoms with Crippen LogP contribution >= 0.6 is 0 Å². The Labute approximate surface area is 62.0 Å². The molecule has 54 valence electrons. The monoisotopic (exact) mass is 135 g/mol. The summed E-state index contributed by atoms with van der Waals surface area (Å²) in [5.74, 6) is 0. The summed E-state index contributed by atoms with van der Waals surface area (Å²) in [7, 11) is 0. The van der Waals surface area contributed by atoms with Crippen molar-refractivity contribution < 1.29 is 0 Å². The van der Waals surface area contributed by atoms with Crippen LogP contribution < -0.4 is 6.15 Å². The van der Waals surface area contributed by atoms with Gasteiger partial charge in [0.25, 0.3) is 0 Å². The third-order valence-corrected chi connectivity index (χ3v) is 1.41. The van der Waals surface area contributed by atoms with E-state index in [1.54, 1.807) is 0 Å². The predicted molar refractivity (Wildman–Crippen MR) is 46.3 cm³/mol. The second-order valence-corrected chi connectivity index (χ2v) is 2.06. The zero-order chi connectivity index (χ0) is 6.69. The lowest BCUT2D eigenvalue weighted by molar-refractivity contribution is 1.45. The molecule has 0 aromatic heterocycles. The van der Waals surface area contributed by atoms with E-state index in [1.807, 2.05) is 18.2 Å². The van der Waals surface area contributed by atoms with Crippen LogP contribution in [0.15, 0.2) is 30.8 Å². The minimum absolute atomic E-state index is 0. The quantitative estimate of drug-likeness (QED) is 0.631. The zero-order valence-electron chi connectivity index (χ0n) is 6.30. The van der Waals surface area contributed by atoms with Gasteiger partial charge in [-0.15, -0.1) is 0 Å². The molecule has 0 aliphatic heterocycles. The van der Waals surface area contributed by atoms with Crippen molar-refractivity contribution in [3.8, 4) is 0 Å². The minimum Gasteiger partial charge on any atom is -0.344 e. The molecule has 0 bridgehead atoms. The first kappa shape index (κ1) is 8.92. The van der Waals surface area contributed by atoms with E-state index in [2.05, 4.69) is 25.6 Å². The van der Waals surface area contributed by atoms with Gasteiger partial charge >= 0.3 is 0 Å². The Morgan fingerprint density at radius 3 is 2.30 bits per heavy atom. The molecular weight excluding hydrogens is 122 g/mol. The minimum atomic E-state index is 0. The van der Waals surface area contributed by atoms with Crippen molar-refractivity contribution in [2.24, 2.45) is 0 Å². The maximum absolute atomic E-state index is 3.69. The normalized spacial score (nSPS) is 8.10. The lowest BCUT2D eigenvalue weighted by atomic mass is 10.1. The molecule has 1 aromatic rings. The molecule has 1 aromatic carbocycles. The lowest BCUT2D eigenvalue weighted by Crippen LogP contribution is -1.75. The van der Waals surface area contributed by atoms with E-state index in [0.29, 0.717) is 0 Å². The van der Waals surface area contributed by atoms with Gasteiger partial charge in [-0.05, 0) is 18.1 Å². The van der Waals surface area contributed by atoms with Crippen LogP contribution in [-0.4, -0.2) is 0 Å². The van der Waals surface area contributed by atoms with Gasteiger partial charge in [-0.25, -0.2) is 0 Å². The van der Waals surface area contributed by atoms with Gasteiger partial charge in [0.2, 0.25) is 0 Å². The lowest BCUT2D eigenvalue weighted by Gasteiger charge is -1.95. The number of aryl methyl sites for hydroxylation is 1. The standard InChI is InChI=1S/C9H10.H3N/c1-3-9-7-5-4-6-8(9)2;/h3-7H,1H2,2H3;1H3. The molecule has 1 nitrogen and oxygen atoms in total. The molecule has 3 N–H and O–H groups in total. The number of rotatable bonds is 1. The summed E-state index contributed by atoms with van der Waals surface area (Å²) in [5, 5.41) is 0. The summed E-state index contributed by atoms with van der Waals surface area (Å²) in [6, 6.07) is 8.19. The molecule has 0 atom stereocenters. The first-order valence-electron chi connectivity index (χ1n) is 3.02. The zero-order valence-corrected chi connectivity index (χ0v) is 6.30. The number of hydrogen-bond acceptors (Lipinski definition) is 1. The topological polar surface area (TPSA) is 35.0 Å². The third kappa shape index (κ3) is 1.71. The predicted octanol–water partition coefficient (Wildman–Crippen LogP) is 2.80. The van der Waals surface area contributed by atoms with Crippen LogP contribution in [-0.2, 0) is 0 Å². The van der Waals surface area contributed by atoms with Gasteiger partial charge in [0.15, 0.2) is 0 Å². The SMILES string of the molecule is C=Cc1ccccc1C.N. The Bertz CT molecular complexity index is 216. The van der Waals surface area contributed by atoms with Crippen LogP contribution in [0.2, 0.25) is 0 Å². The summed E-state index contributed by atoms with van der Waals surface area (Å²) in [4.78, 5) is 0. The summed E-state index contributed by atoms with van der Waals surface area (Å²) in [5.41, 5.74) is 2.50. The Morgan fingerprint density at radius 2 is 1.90 bits per heavy atom. The Morgan fingerprint density at radius 1 is 1.30 bits per heavy atom. The molecule has 1 heteroatoms. The highest BCUT2D eigenvalue weighted by Gasteiger charge is 1.86. The van der Waals surface area contributed by atoms with Gasteiger partial charge in [-0.2, -0.15) is 0 Å². The molecule has 0 unspecified atom stereocenters. The van der Waals surface area contributed by atoms with E-state index in [4.69, 9.17) is 0 Å². The molecule has 0 spiro atoms. The van der Waals surface area contributed by atoms with Gasteiger partial charge in [-0.3, -0.25) is 0 Å². The molecule has 0 saturated heterocycles. The van der Waals surface area contributed by atoms with E-state index < -0.39 is 0 Å². The average molecular weight is 135 g/mol. The van der Waals surface area contributed by atoms with E-state index in [0.717, 1.165) is 0 Å². The molecular formula is C9H13N. The van der Waals surface area contributed by atoms with Crippen LogP contribution in [0, 0.1) is 6.92 Å². The fraction of sp³-hybridized carbons (Fsp3) is 0.111. The summed E-state index contributed by atoms with van der Waals surface area (Å²) in [6.45, 7) is 5.77. The fourth-order valence-corrected chi connectivity index (χ4v) is 0.816. The first-order chi connectivity index (χ1) is 4.34. The summed E-state index contributed by atoms with van der Waals surface area (Å²) in [6.07, 6.45) is 1.87. The molecule has 0 heterocycles. The van der Waals surface area contributed by atoms with Crippen LogP contribution in [0.5, 0.6) is 0 Å². The number of hydrogen-bond donors (Lipinski definition) is 1. The van der Waals surface area contributed by atoms with E-state index >= 15 is 0 Å². The van der Waals surface area contributed by atoms with Crippen molar-refractivity contribution in [3.63, 3.8) is 0 Å². The van der Waals surface area contributed by atoms with E-state index in [9.17, 15) is 0 Å². The highest BCUT2D eigenvalue weighted by atomic mass is 14.0. The van der Waals surface area contributed by atoms with Crippen LogP contribution in [0.25, 0.3) is 6.08 Å². The second kappa shape index (κ2) is 3.85. The van der Waals surface area contributed by atoms with Gasteiger partial charge in [-0.1, -0.05) is 36.9 Å². The van der Waals surface area contributed by atoms with Crippen molar-refractivity contribution in [1.82, 2.24) is 6.15 Å². The Kier molecular flexibility index (Phi) is 3.44. The molecule has 0 fully saturated rings. The van der Waals surface area contributed by atoms with Crippen molar-refractivity contribution in [2.45, 2.75) is 6.92 Å².